The van der Waals surface area contributed by atoms with E-state index in [0.29, 0.717) is 0 Å². The van der Waals surface area contributed by atoms with Crippen LogP contribution in [0.1, 0.15) is 17.2 Å². The fraction of sp³-hybridized carbons (Fsp3) is 0.455. The first-order chi connectivity index (χ1) is 14.3. The van der Waals surface area contributed by atoms with Gasteiger partial charge in [0.2, 0.25) is 10.0 Å². The van der Waals surface area contributed by atoms with E-state index in [1.165, 1.54) is 35.5 Å². The summed E-state index contributed by atoms with van der Waals surface area (Å²) < 4.78 is 42.3. The van der Waals surface area contributed by atoms with Gasteiger partial charge in [-0.15, -0.1) is 0 Å². The van der Waals surface area contributed by atoms with Crippen LogP contribution in [0.2, 0.25) is 0 Å². The number of piperazine rings is 1. The van der Waals surface area contributed by atoms with Gasteiger partial charge in [-0.25, -0.2) is 17.5 Å². The Morgan fingerprint density at radius 2 is 1.77 bits per heavy atom. The fourth-order valence-electron chi connectivity index (χ4n) is 4.31. The Morgan fingerprint density at radius 3 is 2.50 bits per heavy atom. The molecule has 0 saturated carbocycles. The molecule has 0 aliphatic carbocycles. The molecule has 0 bridgehead atoms. The van der Waals surface area contributed by atoms with Crippen molar-refractivity contribution in [3.8, 4) is 0 Å². The maximum atomic E-state index is 14.1. The van der Waals surface area contributed by atoms with Gasteiger partial charge in [0.1, 0.15) is 10.7 Å². The Bertz CT molecular complexity index is 1010. The number of benzene rings is 2. The number of rotatable bonds is 6. The third-order valence-electron chi connectivity index (χ3n) is 6.19. The minimum atomic E-state index is -3.93. The zero-order chi connectivity index (χ0) is 21.3. The molecule has 162 valence electrons. The number of anilines is 1. The second-order valence-electron chi connectivity index (χ2n) is 8.20. The Balaban J connectivity index is 1.59. The molecule has 0 aromatic heterocycles. The highest BCUT2D eigenvalue weighted by atomic mass is 32.2. The van der Waals surface area contributed by atoms with Gasteiger partial charge in [-0.2, -0.15) is 0 Å². The maximum absolute atomic E-state index is 14.1. The first-order valence-electron chi connectivity index (χ1n) is 10.4. The van der Waals surface area contributed by atoms with Crippen molar-refractivity contribution in [2.75, 3.05) is 58.3 Å². The van der Waals surface area contributed by atoms with Gasteiger partial charge in [-0.05, 0) is 42.8 Å². The van der Waals surface area contributed by atoms with E-state index in [1.807, 2.05) is 0 Å². The molecular weight excluding hydrogens is 403 g/mol. The van der Waals surface area contributed by atoms with Crippen LogP contribution in [-0.4, -0.2) is 71.6 Å². The Labute approximate surface area is 178 Å². The average Bonchev–Trinajstić information content (AvgIpc) is 3.10. The fourth-order valence-corrected chi connectivity index (χ4v) is 5.43. The molecule has 30 heavy (non-hydrogen) atoms. The largest absolute Gasteiger partial charge is 0.374 e. The van der Waals surface area contributed by atoms with Crippen molar-refractivity contribution in [2.24, 2.45) is 0 Å². The topological polar surface area (TPSA) is 55.9 Å². The highest BCUT2D eigenvalue weighted by Crippen LogP contribution is 2.31. The lowest BCUT2D eigenvalue weighted by molar-refractivity contribution is 0.113. The van der Waals surface area contributed by atoms with Crippen LogP contribution < -0.4 is 9.62 Å². The summed E-state index contributed by atoms with van der Waals surface area (Å²) in [6, 6.07) is 11.8. The van der Waals surface area contributed by atoms with Gasteiger partial charge in [0.15, 0.2) is 0 Å². The number of hydrogen-bond donors (Lipinski definition) is 1. The van der Waals surface area contributed by atoms with E-state index in [4.69, 9.17) is 0 Å². The molecule has 0 amide bonds. The smallest absolute Gasteiger partial charge is 0.243 e. The van der Waals surface area contributed by atoms with Crippen LogP contribution in [0.4, 0.5) is 10.1 Å². The van der Waals surface area contributed by atoms with Crippen LogP contribution in [-0.2, 0) is 16.4 Å². The van der Waals surface area contributed by atoms with E-state index < -0.39 is 15.8 Å². The van der Waals surface area contributed by atoms with Crippen molar-refractivity contribution in [3.63, 3.8) is 0 Å². The molecule has 6 nitrogen and oxygen atoms in total. The van der Waals surface area contributed by atoms with Crippen molar-refractivity contribution in [1.29, 1.82) is 0 Å². The summed E-state index contributed by atoms with van der Waals surface area (Å²) >= 11 is 0. The molecule has 2 aliphatic rings. The Kier molecular flexibility index (Phi) is 6.11. The SMILES string of the molecule is CN1CCN([C@H](CNS(=O)(=O)c2ccccc2F)c2ccc3c(c2)CCN3C)CC1. The zero-order valence-corrected chi connectivity index (χ0v) is 18.3. The zero-order valence-electron chi connectivity index (χ0n) is 17.5. The van der Waals surface area contributed by atoms with Crippen LogP contribution in [0.25, 0.3) is 0 Å². The molecule has 1 fully saturated rings. The predicted molar refractivity (Wildman–Crippen MR) is 117 cm³/mol. The summed E-state index contributed by atoms with van der Waals surface area (Å²) in [5.41, 5.74) is 3.64. The van der Waals surface area contributed by atoms with Gasteiger partial charge < -0.3 is 9.80 Å². The number of fused-ring (bicyclic) bond motifs is 1. The summed E-state index contributed by atoms with van der Waals surface area (Å²) in [5, 5.41) is 0. The van der Waals surface area contributed by atoms with Crippen LogP contribution in [0.3, 0.4) is 0 Å². The molecule has 0 unspecified atom stereocenters. The molecule has 2 aromatic carbocycles. The second-order valence-corrected chi connectivity index (χ2v) is 9.93. The molecule has 2 aromatic rings. The van der Waals surface area contributed by atoms with Crippen LogP contribution in [0, 0.1) is 5.82 Å². The van der Waals surface area contributed by atoms with Crippen molar-refractivity contribution in [3.05, 3.63) is 59.4 Å². The number of nitrogens with one attached hydrogen (secondary N) is 1. The Morgan fingerprint density at radius 1 is 1.03 bits per heavy atom. The third-order valence-corrected chi connectivity index (χ3v) is 7.64. The summed E-state index contributed by atoms with van der Waals surface area (Å²) in [6.07, 6.45) is 0.996. The van der Waals surface area contributed by atoms with E-state index in [1.54, 1.807) is 0 Å². The number of halogens is 1. The van der Waals surface area contributed by atoms with Gasteiger partial charge in [0.05, 0.1) is 0 Å². The minimum absolute atomic E-state index is 0.101. The number of hydrogen-bond acceptors (Lipinski definition) is 5. The van der Waals surface area contributed by atoms with Gasteiger partial charge in [-0.1, -0.05) is 24.3 Å². The highest BCUT2D eigenvalue weighted by Gasteiger charge is 2.28. The van der Waals surface area contributed by atoms with E-state index in [2.05, 4.69) is 51.7 Å². The van der Waals surface area contributed by atoms with Crippen molar-refractivity contribution < 1.29 is 12.8 Å². The monoisotopic (exact) mass is 432 g/mol. The molecule has 1 atom stereocenters. The normalized spacial score (nSPS) is 19.1. The van der Waals surface area contributed by atoms with Crippen molar-refractivity contribution in [1.82, 2.24) is 14.5 Å². The van der Waals surface area contributed by atoms with E-state index in [9.17, 15) is 12.8 Å². The number of sulfonamides is 1. The highest BCUT2D eigenvalue weighted by molar-refractivity contribution is 7.89. The first-order valence-corrected chi connectivity index (χ1v) is 11.8. The van der Waals surface area contributed by atoms with Crippen molar-refractivity contribution in [2.45, 2.75) is 17.4 Å². The van der Waals surface area contributed by atoms with Crippen LogP contribution in [0.5, 0.6) is 0 Å². The molecule has 0 radical (unpaired) electrons. The third kappa shape index (κ3) is 4.37. The van der Waals surface area contributed by atoms with Crippen molar-refractivity contribution >= 4 is 15.7 Å². The number of likely N-dealkylation sites (N-methyl/N-ethyl adjacent to an activating group) is 2. The van der Waals surface area contributed by atoms with E-state index in [-0.39, 0.29) is 17.5 Å². The lowest BCUT2D eigenvalue weighted by Gasteiger charge is -2.38. The summed E-state index contributed by atoms with van der Waals surface area (Å²) in [7, 11) is 0.251. The van der Waals surface area contributed by atoms with Crippen LogP contribution in [0.15, 0.2) is 47.4 Å². The first kappa shape index (κ1) is 21.2. The quantitative estimate of drug-likeness (QED) is 0.758. The molecule has 1 saturated heterocycles. The molecule has 1 N–H and O–H groups in total. The van der Waals surface area contributed by atoms with Gasteiger partial charge >= 0.3 is 0 Å². The summed E-state index contributed by atoms with van der Waals surface area (Å²) in [5.74, 6) is -0.735. The predicted octanol–water partition coefficient (Wildman–Crippen LogP) is 2.08. The number of nitrogens with zero attached hydrogens (tertiary/aromatic N) is 3. The summed E-state index contributed by atoms with van der Waals surface area (Å²) in [6.45, 7) is 4.79. The molecular formula is C22H29FN4O2S. The standard InChI is InChI=1S/C22H29FN4O2S/c1-25-11-13-27(14-12-25)21(17-7-8-20-18(15-17)9-10-26(20)2)16-24-30(28,29)22-6-4-3-5-19(22)23/h3-8,15,21,24H,9-14,16H2,1-2H3/t21-/m1/s1. The van der Waals surface area contributed by atoms with Gasteiger partial charge in [0.25, 0.3) is 0 Å². The average molecular weight is 433 g/mol. The van der Waals surface area contributed by atoms with Crippen LogP contribution >= 0.6 is 0 Å². The van der Waals surface area contributed by atoms with E-state index in [0.717, 1.165) is 44.7 Å². The van der Waals surface area contributed by atoms with Gasteiger partial charge in [0, 0.05) is 58.0 Å². The molecule has 4 rings (SSSR count). The maximum Gasteiger partial charge on any atom is 0.243 e. The summed E-state index contributed by atoms with van der Waals surface area (Å²) in [4.78, 5) is 6.53. The molecule has 0 spiro atoms. The second kappa shape index (κ2) is 8.63. The lowest BCUT2D eigenvalue weighted by Crippen LogP contribution is -2.48. The molecule has 2 heterocycles. The minimum Gasteiger partial charge on any atom is -0.374 e. The molecule has 8 heteroatoms. The van der Waals surface area contributed by atoms with E-state index >= 15 is 0 Å². The lowest BCUT2D eigenvalue weighted by atomic mass is 10.0. The Hall–Kier alpha value is -2.00. The molecule has 2 aliphatic heterocycles. The van der Waals surface area contributed by atoms with Gasteiger partial charge in [-0.3, -0.25) is 4.90 Å².